The summed E-state index contributed by atoms with van der Waals surface area (Å²) in [7, 11) is 0. The Balaban J connectivity index is 1.89. The molecule has 0 radical (unpaired) electrons. The molecule has 0 fully saturated rings. The molecule has 4 rings (SSSR count). The van der Waals surface area contributed by atoms with Gasteiger partial charge in [-0.15, -0.1) is 0 Å². The summed E-state index contributed by atoms with van der Waals surface area (Å²) in [5, 5.41) is 1.23. The zero-order chi connectivity index (χ0) is 29.2. The minimum absolute atomic E-state index is 0.0282. The monoisotopic (exact) mass is 579 g/mol. The van der Waals surface area contributed by atoms with Gasteiger partial charge in [-0.25, -0.2) is 0 Å². The lowest BCUT2D eigenvalue weighted by Crippen LogP contribution is -2.37. The number of ether oxygens (including phenoxy) is 1. The van der Waals surface area contributed by atoms with Gasteiger partial charge in [-0.3, -0.25) is 9.69 Å². The molecule has 0 heterocycles. The highest BCUT2D eigenvalue weighted by atomic mass is 35.5. The van der Waals surface area contributed by atoms with E-state index in [-0.39, 0.29) is 19.1 Å². The van der Waals surface area contributed by atoms with Crippen molar-refractivity contribution in [1.29, 1.82) is 0 Å². The van der Waals surface area contributed by atoms with E-state index in [1.807, 2.05) is 116 Å². The van der Waals surface area contributed by atoms with Crippen molar-refractivity contribution < 1.29 is 9.53 Å². The lowest BCUT2D eigenvalue weighted by atomic mass is 9.98. The molecule has 0 saturated carbocycles. The van der Waals surface area contributed by atoms with E-state index in [2.05, 4.69) is 23.7 Å². The number of nitrogens with zero attached hydrogens (tertiary/aromatic N) is 1. The molecule has 0 amide bonds. The lowest BCUT2D eigenvalue weighted by molar-refractivity contribution is -0.145. The number of carbonyl (C=O) groups excluding carboxylic acids is 1. The Kier molecular flexibility index (Phi) is 10.7. The smallest absolute Gasteiger partial charge is 0.320 e. The third kappa shape index (κ3) is 8.75. The van der Waals surface area contributed by atoms with Gasteiger partial charge in [-0.2, -0.15) is 0 Å². The maximum Gasteiger partial charge on any atom is 0.320 e. The van der Waals surface area contributed by atoms with Crippen LogP contribution in [0.5, 0.6) is 0 Å². The Morgan fingerprint density at radius 2 is 1.07 bits per heavy atom. The fourth-order valence-electron chi connectivity index (χ4n) is 4.27. The summed E-state index contributed by atoms with van der Waals surface area (Å²) >= 11 is 12.5. The van der Waals surface area contributed by atoms with Crippen LogP contribution in [0.1, 0.15) is 52.4 Å². The molecule has 5 heteroatoms. The van der Waals surface area contributed by atoms with Gasteiger partial charge in [0.1, 0.15) is 0 Å². The van der Waals surface area contributed by atoms with Crippen molar-refractivity contribution >= 4 is 29.2 Å². The molecule has 41 heavy (non-hydrogen) atoms. The van der Waals surface area contributed by atoms with Crippen LogP contribution >= 0.6 is 23.2 Å². The fourth-order valence-corrected chi connectivity index (χ4v) is 4.52. The maximum atomic E-state index is 13.1. The highest BCUT2D eigenvalue weighted by Gasteiger charge is 2.29. The number of carbonyl (C=O) groups is 1. The Morgan fingerprint density at radius 3 is 1.44 bits per heavy atom. The molecular weight excluding hydrogens is 549 g/mol. The van der Waals surface area contributed by atoms with Crippen LogP contribution in [0.3, 0.4) is 0 Å². The molecule has 2 atom stereocenters. The number of hydrogen-bond acceptors (Lipinski definition) is 3. The van der Waals surface area contributed by atoms with E-state index < -0.39 is 12.1 Å². The quantitative estimate of drug-likeness (QED) is 0.163. The predicted molar refractivity (Wildman–Crippen MR) is 168 cm³/mol. The first kappa shape index (κ1) is 30.0. The first-order valence-electron chi connectivity index (χ1n) is 13.4. The van der Waals surface area contributed by atoms with Crippen molar-refractivity contribution in [3.8, 4) is 23.7 Å². The fraction of sp³-hybridized carbons (Fsp3) is 0.194. The normalized spacial score (nSPS) is 12.0. The van der Waals surface area contributed by atoms with Gasteiger partial charge in [-0.1, -0.05) is 107 Å². The Bertz CT molecular complexity index is 1460. The molecule has 0 aliphatic carbocycles. The van der Waals surface area contributed by atoms with E-state index in [1.165, 1.54) is 0 Å². The predicted octanol–water partition coefficient (Wildman–Crippen LogP) is 8.36. The number of aryl methyl sites for hydroxylation is 2. The topological polar surface area (TPSA) is 29.5 Å². The average Bonchev–Trinajstić information content (AvgIpc) is 2.97. The van der Waals surface area contributed by atoms with Gasteiger partial charge >= 0.3 is 5.97 Å². The highest BCUT2D eigenvalue weighted by Crippen LogP contribution is 2.32. The average molecular weight is 581 g/mol. The largest absolute Gasteiger partial charge is 0.465 e. The van der Waals surface area contributed by atoms with E-state index in [0.29, 0.717) is 10.0 Å². The van der Waals surface area contributed by atoms with Gasteiger partial charge in [0, 0.05) is 21.2 Å². The molecular formula is C36H31Cl2NO2. The number of esters is 1. The van der Waals surface area contributed by atoms with Crippen molar-refractivity contribution in [3.05, 3.63) is 140 Å². The summed E-state index contributed by atoms with van der Waals surface area (Å²) in [4.78, 5) is 15.0. The number of rotatable bonds is 7. The maximum absolute atomic E-state index is 13.1. The van der Waals surface area contributed by atoms with Crippen LogP contribution in [0.4, 0.5) is 0 Å². The Hall–Kier alpha value is -3.99. The minimum Gasteiger partial charge on any atom is -0.465 e. The van der Waals surface area contributed by atoms with Crippen LogP contribution in [0.2, 0.25) is 10.0 Å². The molecule has 0 saturated heterocycles. The van der Waals surface area contributed by atoms with Gasteiger partial charge in [0.05, 0.1) is 25.2 Å². The second-order valence-electron chi connectivity index (χ2n) is 9.66. The SMILES string of the molecule is CCOC(=O)CN(C(C#Cc1ccc(C)cc1)c1ccc(Cl)cc1)C(C#Cc1ccc(C)cc1)c1ccc(Cl)cc1. The van der Waals surface area contributed by atoms with Crippen LogP contribution in [-0.2, 0) is 9.53 Å². The van der Waals surface area contributed by atoms with Gasteiger partial charge in [0.15, 0.2) is 0 Å². The van der Waals surface area contributed by atoms with Crippen molar-refractivity contribution in [2.75, 3.05) is 13.2 Å². The van der Waals surface area contributed by atoms with Crippen LogP contribution in [0.15, 0.2) is 97.1 Å². The van der Waals surface area contributed by atoms with E-state index in [9.17, 15) is 4.79 Å². The summed E-state index contributed by atoms with van der Waals surface area (Å²) in [6, 6.07) is 30.1. The first-order chi connectivity index (χ1) is 19.8. The summed E-state index contributed by atoms with van der Waals surface area (Å²) in [6.45, 7) is 6.12. The molecule has 3 nitrogen and oxygen atoms in total. The van der Waals surface area contributed by atoms with Crippen molar-refractivity contribution in [2.45, 2.75) is 32.9 Å². The van der Waals surface area contributed by atoms with Crippen LogP contribution in [0.25, 0.3) is 0 Å². The first-order valence-corrected chi connectivity index (χ1v) is 14.2. The standard InChI is InChI=1S/C36H31Cl2NO2/c1-4-41-36(40)25-39(34(30-15-19-32(37)20-16-30)23-13-28-9-5-26(2)6-10-28)35(31-17-21-33(38)22-18-31)24-14-29-11-7-27(3)8-12-29/h5-12,15-22,34-35H,4,25H2,1-3H3. The number of halogens is 2. The number of benzene rings is 4. The van der Waals surface area contributed by atoms with E-state index in [4.69, 9.17) is 27.9 Å². The molecule has 0 bridgehead atoms. The second kappa shape index (κ2) is 14.6. The van der Waals surface area contributed by atoms with Crippen molar-refractivity contribution in [1.82, 2.24) is 4.90 Å². The lowest BCUT2D eigenvalue weighted by Gasteiger charge is -2.33. The zero-order valence-corrected chi connectivity index (χ0v) is 24.8. The summed E-state index contributed by atoms with van der Waals surface area (Å²) in [6.07, 6.45) is 0. The molecule has 0 aliphatic rings. The van der Waals surface area contributed by atoms with Gasteiger partial charge in [0.2, 0.25) is 0 Å². The van der Waals surface area contributed by atoms with Crippen molar-refractivity contribution in [3.63, 3.8) is 0 Å². The van der Waals surface area contributed by atoms with E-state index in [1.54, 1.807) is 6.92 Å². The summed E-state index contributed by atoms with van der Waals surface area (Å²) < 4.78 is 5.42. The number of hydrogen-bond donors (Lipinski definition) is 0. The molecule has 2 unspecified atom stereocenters. The third-order valence-electron chi connectivity index (χ3n) is 6.46. The molecule has 0 spiro atoms. The molecule has 0 aromatic heterocycles. The van der Waals surface area contributed by atoms with Gasteiger partial charge in [-0.05, 0) is 80.4 Å². The molecule has 206 valence electrons. The molecule has 0 aliphatic heterocycles. The minimum atomic E-state index is -0.508. The van der Waals surface area contributed by atoms with Crippen molar-refractivity contribution in [2.24, 2.45) is 0 Å². The summed E-state index contributed by atoms with van der Waals surface area (Å²) in [5.41, 5.74) is 5.83. The second-order valence-corrected chi connectivity index (χ2v) is 10.5. The van der Waals surface area contributed by atoms with Gasteiger partial charge < -0.3 is 4.74 Å². The Morgan fingerprint density at radius 1 is 0.683 bits per heavy atom. The molecule has 4 aromatic rings. The van der Waals surface area contributed by atoms with Crippen LogP contribution in [-0.4, -0.2) is 24.0 Å². The van der Waals surface area contributed by atoms with Gasteiger partial charge in [0.25, 0.3) is 0 Å². The van der Waals surface area contributed by atoms with Crippen LogP contribution < -0.4 is 0 Å². The van der Waals surface area contributed by atoms with Crippen LogP contribution in [0, 0.1) is 37.5 Å². The molecule has 0 N–H and O–H groups in total. The zero-order valence-electron chi connectivity index (χ0n) is 23.3. The highest BCUT2D eigenvalue weighted by molar-refractivity contribution is 6.30. The van der Waals surface area contributed by atoms with E-state index in [0.717, 1.165) is 33.4 Å². The Labute approximate surface area is 253 Å². The third-order valence-corrected chi connectivity index (χ3v) is 6.97. The molecule has 4 aromatic carbocycles. The van der Waals surface area contributed by atoms with E-state index >= 15 is 0 Å². The summed E-state index contributed by atoms with van der Waals surface area (Å²) in [5.74, 6) is 13.2.